The van der Waals surface area contributed by atoms with Gasteiger partial charge in [-0.1, -0.05) is 24.3 Å². The number of nitrogens with two attached hydrogens (primary N) is 1. The van der Waals surface area contributed by atoms with E-state index < -0.39 is 9.84 Å². The molecule has 0 aliphatic carbocycles. The fourth-order valence-corrected chi connectivity index (χ4v) is 5.12. The highest BCUT2D eigenvalue weighted by Gasteiger charge is 2.11. The Kier molecular flexibility index (Phi) is 5.19. The van der Waals surface area contributed by atoms with Gasteiger partial charge < -0.3 is 5.73 Å². The van der Waals surface area contributed by atoms with Crippen LogP contribution >= 0.6 is 11.3 Å². The number of nitrogen functional groups attached to an aromatic ring is 1. The number of anilines is 1. The largest absolute Gasteiger partial charge is 0.383 e. The first-order chi connectivity index (χ1) is 15.8. The van der Waals surface area contributed by atoms with Crippen LogP contribution in [0.4, 0.5) is 5.82 Å². The molecule has 0 saturated carbocycles. The van der Waals surface area contributed by atoms with Crippen molar-refractivity contribution >= 4 is 37.2 Å². The number of benzene rings is 2. The lowest BCUT2D eigenvalue weighted by molar-refractivity contribution is 0.602. The van der Waals surface area contributed by atoms with Crippen LogP contribution in [0, 0.1) is 6.92 Å². The highest BCUT2D eigenvalue weighted by atomic mass is 32.2. The molecule has 0 radical (unpaired) electrons. The monoisotopic (exact) mass is 472 g/mol. The zero-order chi connectivity index (χ0) is 23.2. The van der Waals surface area contributed by atoms with Gasteiger partial charge >= 0.3 is 0 Å². The molecule has 33 heavy (non-hydrogen) atoms. The van der Waals surface area contributed by atoms with E-state index >= 15 is 0 Å². The third-order valence-corrected chi connectivity index (χ3v) is 7.48. The average Bonchev–Trinajstić information content (AvgIpc) is 3.18. The predicted octanol–water partition coefficient (Wildman–Crippen LogP) is 5.38. The zero-order valence-corrected chi connectivity index (χ0v) is 19.6. The fraction of sp³-hybridized carbons (Fsp3) is 0.0800. The molecule has 5 rings (SSSR count). The standard InChI is InChI=1S/C25H20N4O2S2/c1-15-29-23-12-17(6-10-24(23)32-15)22-9-5-18(13-27-22)21-11-19(14-28-25(21)26)16-3-7-20(8-4-16)33(2,30)31/h3-14H,1-2H3,(H2,26,28). The van der Waals surface area contributed by atoms with Crippen LogP contribution in [0.1, 0.15) is 5.01 Å². The molecular formula is C25H20N4O2S2. The molecule has 0 aliphatic rings. The van der Waals surface area contributed by atoms with Crippen molar-refractivity contribution in [2.45, 2.75) is 11.8 Å². The van der Waals surface area contributed by atoms with Crippen LogP contribution in [0.15, 0.2) is 78.0 Å². The van der Waals surface area contributed by atoms with E-state index in [9.17, 15) is 8.42 Å². The maximum absolute atomic E-state index is 11.7. The van der Waals surface area contributed by atoms with E-state index in [2.05, 4.69) is 33.2 Å². The zero-order valence-electron chi connectivity index (χ0n) is 18.0. The molecule has 0 bridgehead atoms. The van der Waals surface area contributed by atoms with Crippen LogP contribution < -0.4 is 5.73 Å². The molecule has 5 aromatic rings. The number of sulfone groups is 1. The Balaban J connectivity index is 1.47. The summed E-state index contributed by atoms with van der Waals surface area (Å²) in [7, 11) is -3.25. The van der Waals surface area contributed by atoms with Crippen molar-refractivity contribution in [1.82, 2.24) is 15.0 Å². The minimum Gasteiger partial charge on any atom is -0.383 e. The molecule has 0 fully saturated rings. The normalized spacial score (nSPS) is 11.7. The van der Waals surface area contributed by atoms with Crippen molar-refractivity contribution < 1.29 is 8.42 Å². The van der Waals surface area contributed by atoms with Gasteiger partial charge in [-0.25, -0.2) is 18.4 Å². The molecular weight excluding hydrogens is 452 g/mol. The Hall–Kier alpha value is -3.62. The molecule has 164 valence electrons. The van der Waals surface area contributed by atoms with E-state index in [1.165, 1.54) is 6.26 Å². The minimum absolute atomic E-state index is 0.278. The number of hydrogen-bond donors (Lipinski definition) is 1. The summed E-state index contributed by atoms with van der Waals surface area (Å²) in [5.74, 6) is 0.403. The van der Waals surface area contributed by atoms with Gasteiger partial charge in [-0.2, -0.15) is 0 Å². The molecule has 3 aromatic heterocycles. The lowest BCUT2D eigenvalue weighted by atomic mass is 10.0. The summed E-state index contributed by atoms with van der Waals surface area (Å²) < 4.78 is 24.6. The number of thiazole rings is 1. The molecule has 2 aromatic carbocycles. The average molecular weight is 473 g/mol. The molecule has 0 aliphatic heterocycles. The summed E-state index contributed by atoms with van der Waals surface area (Å²) >= 11 is 1.68. The topological polar surface area (TPSA) is 98.8 Å². The molecule has 0 saturated heterocycles. The predicted molar refractivity (Wildman–Crippen MR) is 134 cm³/mol. The Bertz CT molecular complexity index is 1590. The highest BCUT2D eigenvalue weighted by Crippen LogP contribution is 2.32. The number of hydrogen-bond acceptors (Lipinski definition) is 7. The number of aryl methyl sites for hydroxylation is 1. The lowest BCUT2D eigenvalue weighted by Gasteiger charge is -2.10. The molecule has 0 atom stereocenters. The summed E-state index contributed by atoms with van der Waals surface area (Å²) in [6.07, 6.45) is 4.66. The van der Waals surface area contributed by atoms with Crippen molar-refractivity contribution in [3.05, 3.63) is 78.1 Å². The Morgan fingerprint density at radius 1 is 0.818 bits per heavy atom. The molecule has 0 spiro atoms. The van der Waals surface area contributed by atoms with Gasteiger partial charge in [0.2, 0.25) is 0 Å². The SMILES string of the molecule is Cc1nc2cc(-c3ccc(-c4cc(-c5ccc(S(C)(=O)=O)cc5)cnc4N)cn3)ccc2s1. The smallest absolute Gasteiger partial charge is 0.175 e. The Morgan fingerprint density at radius 3 is 2.21 bits per heavy atom. The second kappa shape index (κ2) is 8.06. The van der Waals surface area contributed by atoms with Crippen LogP contribution in [-0.2, 0) is 9.84 Å². The molecule has 0 amide bonds. The molecule has 8 heteroatoms. The summed E-state index contributed by atoms with van der Waals surface area (Å²) in [5.41, 5.74) is 12.3. The van der Waals surface area contributed by atoms with Gasteiger partial charge in [-0.05, 0) is 48.9 Å². The van der Waals surface area contributed by atoms with Gasteiger partial charge in [0.05, 0.1) is 25.8 Å². The number of pyridine rings is 2. The molecule has 2 N–H and O–H groups in total. The summed E-state index contributed by atoms with van der Waals surface area (Å²) in [6.45, 7) is 2.00. The van der Waals surface area contributed by atoms with Gasteiger partial charge in [-0.3, -0.25) is 4.98 Å². The van der Waals surface area contributed by atoms with E-state index in [0.717, 1.165) is 48.7 Å². The number of nitrogens with zero attached hydrogens (tertiary/aromatic N) is 3. The molecule has 6 nitrogen and oxygen atoms in total. The number of aromatic nitrogens is 3. The van der Waals surface area contributed by atoms with Crippen molar-refractivity contribution in [2.75, 3.05) is 12.0 Å². The van der Waals surface area contributed by atoms with Crippen LogP contribution in [0.5, 0.6) is 0 Å². The van der Waals surface area contributed by atoms with Crippen molar-refractivity contribution in [3.8, 4) is 33.5 Å². The van der Waals surface area contributed by atoms with E-state index in [1.807, 2.05) is 25.1 Å². The van der Waals surface area contributed by atoms with E-state index in [4.69, 9.17) is 5.73 Å². The number of fused-ring (bicyclic) bond motifs is 1. The molecule has 3 heterocycles. The van der Waals surface area contributed by atoms with Crippen LogP contribution in [0.3, 0.4) is 0 Å². The maximum Gasteiger partial charge on any atom is 0.175 e. The summed E-state index contributed by atoms with van der Waals surface area (Å²) in [4.78, 5) is 13.8. The van der Waals surface area contributed by atoms with Gasteiger partial charge in [0.15, 0.2) is 9.84 Å². The van der Waals surface area contributed by atoms with Gasteiger partial charge in [0, 0.05) is 40.9 Å². The second-order valence-corrected chi connectivity index (χ2v) is 11.1. The minimum atomic E-state index is -3.25. The van der Waals surface area contributed by atoms with Crippen LogP contribution in [0.25, 0.3) is 43.7 Å². The third kappa shape index (κ3) is 4.22. The Morgan fingerprint density at radius 2 is 1.52 bits per heavy atom. The third-order valence-electron chi connectivity index (χ3n) is 5.40. The van der Waals surface area contributed by atoms with Gasteiger partial charge in [0.25, 0.3) is 0 Å². The first kappa shape index (κ1) is 21.2. The quantitative estimate of drug-likeness (QED) is 0.377. The Labute approximate surface area is 195 Å². The van der Waals surface area contributed by atoms with Crippen LogP contribution in [-0.4, -0.2) is 29.6 Å². The second-order valence-electron chi connectivity index (χ2n) is 7.80. The van der Waals surface area contributed by atoms with Gasteiger partial charge in [-0.15, -0.1) is 11.3 Å². The highest BCUT2D eigenvalue weighted by molar-refractivity contribution is 7.90. The van der Waals surface area contributed by atoms with Crippen LogP contribution in [0.2, 0.25) is 0 Å². The van der Waals surface area contributed by atoms with Crippen molar-refractivity contribution in [3.63, 3.8) is 0 Å². The fourth-order valence-electron chi connectivity index (χ4n) is 3.68. The maximum atomic E-state index is 11.7. The lowest BCUT2D eigenvalue weighted by Crippen LogP contribution is -1.97. The summed E-state index contributed by atoms with van der Waals surface area (Å²) in [5, 5.41) is 1.04. The van der Waals surface area contributed by atoms with Gasteiger partial charge in [0.1, 0.15) is 5.82 Å². The van der Waals surface area contributed by atoms with E-state index in [1.54, 1.807) is 48.0 Å². The van der Waals surface area contributed by atoms with E-state index in [0.29, 0.717) is 5.82 Å². The number of rotatable bonds is 4. The molecule has 0 unspecified atom stereocenters. The van der Waals surface area contributed by atoms with Crippen molar-refractivity contribution in [1.29, 1.82) is 0 Å². The summed E-state index contributed by atoms with van der Waals surface area (Å²) in [6, 6.07) is 18.8. The first-order valence-electron chi connectivity index (χ1n) is 10.2. The first-order valence-corrected chi connectivity index (χ1v) is 12.9. The van der Waals surface area contributed by atoms with Crippen molar-refractivity contribution in [2.24, 2.45) is 0 Å². The van der Waals surface area contributed by atoms with E-state index in [-0.39, 0.29) is 4.90 Å².